The summed E-state index contributed by atoms with van der Waals surface area (Å²) < 4.78 is 0. The van der Waals surface area contributed by atoms with Gasteiger partial charge in [-0.3, -0.25) is 0 Å². The maximum atomic E-state index is 9.59. The third kappa shape index (κ3) is 2.58. The molecule has 0 saturated carbocycles. The van der Waals surface area contributed by atoms with E-state index >= 15 is 0 Å². The van der Waals surface area contributed by atoms with Crippen molar-refractivity contribution in [1.29, 1.82) is 0 Å². The van der Waals surface area contributed by atoms with Gasteiger partial charge in [-0.25, -0.2) is 0 Å². The first-order valence-electron chi connectivity index (χ1n) is 3.91. The van der Waals surface area contributed by atoms with Crippen LogP contribution in [0.3, 0.4) is 0 Å². The van der Waals surface area contributed by atoms with Crippen molar-refractivity contribution in [2.45, 2.75) is 19.1 Å². The number of aliphatic hydroxyl groups excluding tert-OH is 1. The Morgan fingerprint density at radius 2 is 1.92 bits per heavy atom. The molecular formula is C9H11Cl2NO. The molecule has 4 heteroatoms. The van der Waals surface area contributed by atoms with E-state index in [9.17, 15) is 5.11 Å². The number of halogens is 2. The summed E-state index contributed by atoms with van der Waals surface area (Å²) >= 11 is 11.5. The predicted molar refractivity (Wildman–Crippen MR) is 55.1 cm³/mol. The Labute approximate surface area is 87.3 Å². The second kappa shape index (κ2) is 4.29. The third-order valence-electron chi connectivity index (χ3n) is 1.78. The monoisotopic (exact) mass is 219 g/mol. The van der Waals surface area contributed by atoms with Gasteiger partial charge in [0.05, 0.1) is 16.1 Å². The molecule has 0 heterocycles. The minimum absolute atomic E-state index is 0.322. The lowest BCUT2D eigenvalue weighted by molar-refractivity contribution is 0.153. The number of hydrogen-bond donors (Lipinski definition) is 2. The minimum atomic E-state index is -0.699. The molecule has 0 fully saturated rings. The highest BCUT2D eigenvalue weighted by atomic mass is 35.5. The van der Waals surface area contributed by atoms with Crippen LogP contribution < -0.4 is 5.73 Å². The van der Waals surface area contributed by atoms with Gasteiger partial charge in [-0.1, -0.05) is 29.3 Å². The summed E-state index contributed by atoms with van der Waals surface area (Å²) in [5, 5.41) is 10.5. The van der Waals surface area contributed by atoms with Crippen LogP contribution in [0.5, 0.6) is 0 Å². The summed E-state index contributed by atoms with van der Waals surface area (Å²) in [5.41, 5.74) is 6.21. The Bertz CT molecular complexity index is 302. The van der Waals surface area contributed by atoms with Crippen LogP contribution in [-0.4, -0.2) is 11.1 Å². The molecule has 2 atom stereocenters. The van der Waals surface area contributed by atoms with Crippen LogP contribution in [0.15, 0.2) is 18.2 Å². The molecule has 0 spiro atoms. The number of hydrogen-bond acceptors (Lipinski definition) is 2. The quantitative estimate of drug-likeness (QED) is 0.803. The molecule has 3 N–H and O–H groups in total. The van der Waals surface area contributed by atoms with Crippen molar-refractivity contribution < 1.29 is 5.11 Å². The normalized spacial score (nSPS) is 15.5. The van der Waals surface area contributed by atoms with Crippen LogP contribution in [0.25, 0.3) is 0 Å². The molecule has 72 valence electrons. The van der Waals surface area contributed by atoms with E-state index in [2.05, 4.69) is 0 Å². The van der Waals surface area contributed by atoms with Gasteiger partial charge in [0, 0.05) is 6.04 Å². The fourth-order valence-corrected chi connectivity index (χ4v) is 1.31. The molecule has 2 nitrogen and oxygen atoms in total. The topological polar surface area (TPSA) is 46.2 Å². The van der Waals surface area contributed by atoms with Crippen LogP contribution >= 0.6 is 23.2 Å². The standard InChI is InChI=1S/C9H11Cl2NO/c1-5(12)9(13)6-2-3-7(10)8(11)4-6/h2-5,9,13H,12H2,1H3/t5-,9-/m1/s1. The van der Waals surface area contributed by atoms with Crippen molar-refractivity contribution in [1.82, 2.24) is 0 Å². The molecule has 0 radical (unpaired) electrons. The van der Waals surface area contributed by atoms with Crippen LogP contribution in [-0.2, 0) is 0 Å². The number of benzene rings is 1. The number of rotatable bonds is 2. The fraction of sp³-hybridized carbons (Fsp3) is 0.333. The molecule has 0 saturated heterocycles. The summed E-state index contributed by atoms with van der Waals surface area (Å²) in [4.78, 5) is 0. The second-order valence-electron chi connectivity index (χ2n) is 2.98. The lowest BCUT2D eigenvalue weighted by Gasteiger charge is -2.15. The minimum Gasteiger partial charge on any atom is -0.387 e. The Morgan fingerprint density at radius 3 is 2.38 bits per heavy atom. The van der Waals surface area contributed by atoms with E-state index in [1.54, 1.807) is 25.1 Å². The Morgan fingerprint density at radius 1 is 1.31 bits per heavy atom. The largest absolute Gasteiger partial charge is 0.387 e. The first-order valence-corrected chi connectivity index (χ1v) is 4.66. The van der Waals surface area contributed by atoms with Gasteiger partial charge in [0.2, 0.25) is 0 Å². The summed E-state index contributed by atoms with van der Waals surface area (Å²) in [5.74, 6) is 0. The second-order valence-corrected chi connectivity index (χ2v) is 3.79. The molecule has 0 aromatic heterocycles. The fourth-order valence-electron chi connectivity index (χ4n) is 1.000. The van der Waals surface area contributed by atoms with E-state index in [1.807, 2.05) is 0 Å². The molecule has 0 amide bonds. The van der Waals surface area contributed by atoms with Crippen LogP contribution in [0, 0.1) is 0 Å². The number of aliphatic hydroxyl groups is 1. The lowest BCUT2D eigenvalue weighted by Crippen LogP contribution is -2.24. The van der Waals surface area contributed by atoms with E-state index in [0.29, 0.717) is 15.6 Å². The first kappa shape index (κ1) is 10.8. The van der Waals surface area contributed by atoms with Crippen LogP contribution in [0.2, 0.25) is 10.0 Å². The van der Waals surface area contributed by atoms with Crippen molar-refractivity contribution >= 4 is 23.2 Å². The summed E-state index contributed by atoms with van der Waals surface area (Å²) in [6.07, 6.45) is -0.699. The molecule has 1 rings (SSSR count). The van der Waals surface area contributed by atoms with E-state index in [4.69, 9.17) is 28.9 Å². The van der Waals surface area contributed by atoms with Crippen molar-refractivity contribution in [2.24, 2.45) is 5.73 Å². The highest BCUT2D eigenvalue weighted by Gasteiger charge is 2.13. The molecule has 0 unspecified atom stereocenters. The zero-order valence-corrected chi connectivity index (χ0v) is 8.68. The van der Waals surface area contributed by atoms with Gasteiger partial charge in [0.15, 0.2) is 0 Å². The molecule has 0 aliphatic carbocycles. The molecule has 1 aromatic carbocycles. The van der Waals surface area contributed by atoms with Crippen molar-refractivity contribution in [3.63, 3.8) is 0 Å². The molecule has 0 aliphatic rings. The Balaban J connectivity index is 2.97. The van der Waals surface area contributed by atoms with Gasteiger partial charge >= 0.3 is 0 Å². The van der Waals surface area contributed by atoms with Crippen LogP contribution in [0.4, 0.5) is 0 Å². The zero-order chi connectivity index (χ0) is 10.0. The SMILES string of the molecule is C[C@@H](N)[C@@H](O)c1ccc(Cl)c(Cl)c1. The zero-order valence-electron chi connectivity index (χ0n) is 7.17. The molecule has 13 heavy (non-hydrogen) atoms. The first-order chi connectivity index (χ1) is 6.02. The van der Waals surface area contributed by atoms with Gasteiger partial charge in [0.25, 0.3) is 0 Å². The average molecular weight is 220 g/mol. The molecule has 0 aliphatic heterocycles. The lowest BCUT2D eigenvalue weighted by atomic mass is 10.0. The van der Waals surface area contributed by atoms with Crippen molar-refractivity contribution in [3.05, 3.63) is 33.8 Å². The van der Waals surface area contributed by atoms with Crippen molar-refractivity contribution in [3.8, 4) is 0 Å². The molecule has 0 bridgehead atoms. The third-order valence-corrected chi connectivity index (χ3v) is 2.52. The van der Waals surface area contributed by atoms with Gasteiger partial charge in [0.1, 0.15) is 0 Å². The van der Waals surface area contributed by atoms with Gasteiger partial charge < -0.3 is 10.8 Å². The van der Waals surface area contributed by atoms with Gasteiger partial charge in [-0.05, 0) is 24.6 Å². The van der Waals surface area contributed by atoms with E-state index in [0.717, 1.165) is 0 Å². The highest BCUT2D eigenvalue weighted by molar-refractivity contribution is 6.42. The Hall–Kier alpha value is -0.280. The molecule has 1 aromatic rings. The van der Waals surface area contributed by atoms with Gasteiger partial charge in [-0.2, -0.15) is 0 Å². The van der Waals surface area contributed by atoms with Crippen LogP contribution in [0.1, 0.15) is 18.6 Å². The summed E-state index contributed by atoms with van der Waals surface area (Å²) in [7, 11) is 0. The maximum absolute atomic E-state index is 9.59. The highest BCUT2D eigenvalue weighted by Crippen LogP contribution is 2.26. The maximum Gasteiger partial charge on any atom is 0.0938 e. The summed E-state index contributed by atoms with van der Waals surface area (Å²) in [6.45, 7) is 1.73. The van der Waals surface area contributed by atoms with E-state index < -0.39 is 6.10 Å². The smallest absolute Gasteiger partial charge is 0.0938 e. The van der Waals surface area contributed by atoms with E-state index in [1.165, 1.54) is 0 Å². The average Bonchev–Trinajstić information content (AvgIpc) is 2.08. The Kier molecular flexibility index (Phi) is 3.56. The van der Waals surface area contributed by atoms with E-state index in [-0.39, 0.29) is 6.04 Å². The van der Waals surface area contributed by atoms with Gasteiger partial charge in [-0.15, -0.1) is 0 Å². The number of nitrogens with two attached hydrogens (primary N) is 1. The predicted octanol–water partition coefficient (Wildman–Crippen LogP) is 2.37. The molecular weight excluding hydrogens is 209 g/mol. The van der Waals surface area contributed by atoms with Crippen molar-refractivity contribution in [2.75, 3.05) is 0 Å². The summed E-state index contributed by atoms with van der Waals surface area (Å²) in [6, 6.07) is 4.66.